The molecule has 3 fully saturated rings. The molecule has 3 aliphatic heterocycles. The van der Waals surface area contributed by atoms with Crippen molar-refractivity contribution in [1.82, 2.24) is 9.80 Å². The summed E-state index contributed by atoms with van der Waals surface area (Å²) >= 11 is 1.68. The molecule has 7 nitrogen and oxygen atoms in total. The van der Waals surface area contributed by atoms with E-state index in [1.54, 1.807) is 33.7 Å². The summed E-state index contributed by atoms with van der Waals surface area (Å²) in [6.45, 7) is 21.2. The lowest BCUT2D eigenvalue weighted by Gasteiger charge is -2.40. The Hall–Kier alpha value is -2.58. The maximum absolute atomic E-state index is 15.0. The van der Waals surface area contributed by atoms with E-state index < -0.39 is 33.4 Å². The zero-order valence-electron chi connectivity index (χ0n) is 26.3. The van der Waals surface area contributed by atoms with E-state index in [1.807, 2.05) is 43.9 Å². The highest BCUT2D eigenvalue weighted by molar-refractivity contribution is 8.02. The van der Waals surface area contributed by atoms with Gasteiger partial charge in [-0.1, -0.05) is 51.1 Å². The molecule has 230 valence electrons. The summed E-state index contributed by atoms with van der Waals surface area (Å²) in [6, 6.07) is 4.65. The highest BCUT2D eigenvalue weighted by Crippen LogP contribution is 2.72. The lowest BCUT2D eigenvalue weighted by molar-refractivity contribution is -0.146. The predicted octanol–water partition coefficient (Wildman–Crippen LogP) is 5.14. The molecule has 6 atom stereocenters. The zero-order chi connectivity index (χ0) is 31.0. The molecule has 4 rings (SSSR count). The van der Waals surface area contributed by atoms with Gasteiger partial charge in [0.25, 0.3) is 5.91 Å². The van der Waals surface area contributed by atoms with Crippen LogP contribution in [0.2, 0.25) is 0 Å². The van der Waals surface area contributed by atoms with Gasteiger partial charge in [0.05, 0.1) is 29.2 Å². The van der Waals surface area contributed by atoms with Crippen molar-refractivity contribution in [3.8, 4) is 0 Å². The fourth-order valence-electron chi connectivity index (χ4n) is 7.95. The molecule has 8 heteroatoms. The smallest absolute Gasteiger partial charge is 0.251 e. The maximum atomic E-state index is 15.0. The number of aliphatic hydroxyl groups excluding tert-OH is 1. The normalized spacial score (nSPS) is 28.6. The molecule has 3 amide bonds. The number of nitrogens with zero attached hydrogens (tertiary/aromatic N) is 3. The van der Waals surface area contributed by atoms with Crippen LogP contribution in [0.5, 0.6) is 0 Å². The molecule has 2 unspecified atom stereocenters. The number of likely N-dealkylation sites (tertiary alicyclic amines) is 1. The van der Waals surface area contributed by atoms with Crippen molar-refractivity contribution in [2.24, 2.45) is 17.8 Å². The summed E-state index contributed by atoms with van der Waals surface area (Å²) in [5, 5.41) is 10.7. The molecular formula is C34H49N3O4S. The Balaban J connectivity index is 1.89. The van der Waals surface area contributed by atoms with Crippen molar-refractivity contribution in [3.63, 3.8) is 0 Å². The van der Waals surface area contributed by atoms with Crippen molar-refractivity contribution >= 4 is 35.2 Å². The third-order valence-corrected chi connectivity index (χ3v) is 11.5. The number of carbonyl (C=O) groups excluding carboxylic acids is 3. The average molecular weight is 596 g/mol. The van der Waals surface area contributed by atoms with E-state index in [0.29, 0.717) is 32.5 Å². The molecule has 1 spiro atoms. The molecule has 3 heterocycles. The molecule has 3 aliphatic rings. The van der Waals surface area contributed by atoms with Crippen molar-refractivity contribution in [2.75, 3.05) is 31.1 Å². The number of fused-ring (bicyclic) bond motifs is 1. The van der Waals surface area contributed by atoms with Gasteiger partial charge in [0.15, 0.2) is 0 Å². The number of anilines is 1. The number of aryl methyl sites for hydroxylation is 2. The number of hydrogen-bond acceptors (Lipinski definition) is 5. The minimum absolute atomic E-state index is 0.0261. The molecule has 0 aromatic heterocycles. The third kappa shape index (κ3) is 5.23. The molecular weight excluding hydrogens is 546 g/mol. The van der Waals surface area contributed by atoms with Gasteiger partial charge in [0.1, 0.15) is 6.04 Å². The fourth-order valence-corrected chi connectivity index (χ4v) is 10.3. The van der Waals surface area contributed by atoms with Crippen LogP contribution >= 0.6 is 11.8 Å². The van der Waals surface area contributed by atoms with Gasteiger partial charge in [-0.25, -0.2) is 0 Å². The number of para-hydroxylation sites is 1. The summed E-state index contributed by atoms with van der Waals surface area (Å²) in [7, 11) is 0. The van der Waals surface area contributed by atoms with Crippen LogP contribution in [-0.2, 0) is 14.4 Å². The van der Waals surface area contributed by atoms with E-state index in [2.05, 4.69) is 33.9 Å². The molecule has 1 N–H and O–H groups in total. The van der Waals surface area contributed by atoms with Gasteiger partial charge in [-0.05, 0) is 63.5 Å². The molecule has 1 aromatic rings. The third-order valence-electron chi connectivity index (χ3n) is 9.50. The predicted molar refractivity (Wildman–Crippen MR) is 171 cm³/mol. The molecule has 1 aromatic carbocycles. The van der Waals surface area contributed by atoms with E-state index in [1.165, 1.54) is 0 Å². The Morgan fingerprint density at radius 2 is 1.79 bits per heavy atom. The lowest BCUT2D eigenvalue weighted by Crippen LogP contribution is -2.58. The van der Waals surface area contributed by atoms with Crippen molar-refractivity contribution in [1.29, 1.82) is 0 Å². The van der Waals surface area contributed by atoms with E-state index in [-0.39, 0.29) is 30.2 Å². The summed E-state index contributed by atoms with van der Waals surface area (Å²) in [5.74, 6) is -1.32. The molecule has 2 bridgehead atoms. The summed E-state index contributed by atoms with van der Waals surface area (Å²) in [5.41, 5.74) is 2.77. The second kappa shape index (κ2) is 12.6. The van der Waals surface area contributed by atoms with Gasteiger partial charge >= 0.3 is 0 Å². The van der Waals surface area contributed by atoms with E-state index in [4.69, 9.17) is 0 Å². The topological polar surface area (TPSA) is 81.2 Å². The Morgan fingerprint density at radius 1 is 1.14 bits per heavy atom. The molecule has 42 heavy (non-hydrogen) atoms. The number of benzene rings is 1. The molecule has 0 radical (unpaired) electrons. The van der Waals surface area contributed by atoms with Crippen LogP contribution in [0.1, 0.15) is 64.5 Å². The van der Waals surface area contributed by atoms with Gasteiger partial charge in [-0.15, -0.1) is 24.9 Å². The number of carbonyl (C=O) groups is 3. The van der Waals surface area contributed by atoms with Crippen molar-refractivity contribution in [3.05, 3.63) is 54.6 Å². The number of aliphatic hydroxyl groups is 1. The van der Waals surface area contributed by atoms with Crippen LogP contribution in [-0.4, -0.2) is 80.4 Å². The SMILES string of the molecule is C=CCN(CCC)C(=O)[C@H]1[C@H]2C(=O)N([C@@H](CO)CC(C)C)C(C(=O)N(CC=C)c3c(C)cccc3C)C23CC[C@]1(C)S3. The Kier molecular flexibility index (Phi) is 9.68. The van der Waals surface area contributed by atoms with Crippen LogP contribution in [0.3, 0.4) is 0 Å². The van der Waals surface area contributed by atoms with E-state index in [9.17, 15) is 14.7 Å². The standard InChI is InChI=1S/C34H49N3O4S/c1-9-17-35(18-10-2)30(39)26-27-31(40)37(25(21-38)20-22(4)5)29(34(27)16-15-33(26,8)42-34)32(41)36(19-11-3)28-23(6)13-12-14-24(28)7/h9,11-14,22,25-27,29,38H,1,3,10,15-21H2,2,4-8H3/t25-,26-,27+,29?,33+,34?/m1/s1. The first-order valence-corrected chi connectivity index (χ1v) is 16.2. The summed E-state index contributed by atoms with van der Waals surface area (Å²) in [6.07, 6.45) is 6.26. The number of thioether (sulfide) groups is 1. The second-order valence-electron chi connectivity index (χ2n) is 13.0. The average Bonchev–Trinajstić information content (AvgIpc) is 3.50. The molecule has 3 saturated heterocycles. The summed E-state index contributed by atoms with van der Waals surface area (Å²) < 4.78 is -1.21. The minimum Gasteiger partial charge on any atom is -0.394 e. The van der Waals surface area contributed by atoms with Gasteiger partial charge in [-0.3, -0.25) is 14.4 Å². The highest BCUT2D eigenvalue weighted by atomic mass is 32.2. The van der Waals surface area contributed by atoms with Gasteiger partial charge in [0.2, 0.25) is 11.8 Å². The first-order chi connectivity index (χ1) is 19.9. The number of rotatable bonds is 13. The van der Waals surface area contributed by atoms with Gasteiger partial charge < -0.3 is 19.8 Å². The van der Waals surface area contributed by atoms with Gasteiger partial charge in [0, 0.05) is 30.1 Å². The second-order valence-corrected chi connectivity index (χ2v) is 14.9. The monoisotopic (exact) mass is 595 g/mol. The van der Waals surface area contributed by atoms with Crippen molar-refractivity contribution < 1.29 is 19.5 Å². The van der Waals surface area contributed by atoms with Crippen molar-refractivity contribution in [2.45, 2.75) is 88.8 Å². The van der Waals surface area contributed by atoms with E-state index >= 15 is 4.79 Å². The maximum Gasteiger partial charge on any atom is 0.251 e. The minimum atomic E-state index is -0.798. The Morgan fingerprint density at radius 3 is 2.33 bits per heavy atom. The first-order valence-electron chi connectivity index (χ1n) is 15.4. The van der Waals surface area contributed by atoms with Crippen LogP contribution in [0.4, 0.5) is 5.69 Å². The Bertz CT molecular complexity index is 1210. The van der Waals surface area contributed by atoms with Gasteiger partial charge in [-0.2, -0.15) is 0 Å². The zero-order valence-corrected chi connectivity index (χ0v) is 27.1. The quantitative estimate of drug-likeness (QED) is 0.320. The largest absolute Gasteiger partial charge is 0.394 e. The Labute approximate surface area is 256 Å². The number of hydrogen-bond donors (Lipinski definition) is 1. The summed E-state index contributed by atoms with van der Waals surface area (Å²) in [4.78, 5) is 49.3. The lowest BCUT2D eigenvalue weighted by atomic mass is 9.66. The fraction of sp³-hybridized carbons (Fsp3) is 0.618. The van der Waals surface area contributed by atoms with Crippen LogP contribution in [0.15, 0.2) is 43.5 Å². The van der Waals surface area contributed by atoms with Crippen LogP contribution in [0, 0.1) is 31.6 Å². The van der Waals surface area contributed by atoms with Crippen LogP contribution in [0.25, 0.3) is 0 Å². The molecule has 0 aliphatic carbocycles. The van der Waals surface area contributed by atoms with E-state index in [0.717, 1.165) is 29.7 Å². The van der Waals surface area contributed by atoms with Crippen LogP contribution < -0.4 is 4.90 Å². The molecule has 0 saturated carbocycles. The number of amides is 3. The first kappa shape index (κ1) is 32.3. The highest BCUT2D eigenvalue weighted by Gasteiger charge is 2.78.